The SMILES string of the molecule is O=C1CCN(c2nc(Cl)nc3c2cnn3-c2cccc(C(F)(F)F)c2)CCN1. The van der Waals surface area contributed by atoms with Crippen LogP contribution in [0.2, 0.25) is 5.28 Å². The number of rotatable bonds is 2. The number of carbonyl (C=O) groups is 1. The first-order chi connectivity index (χ1) is 13.3. The molecule has 1 saturated heterocycles. The first kappa shape index (κ1) is 18.5. The Balaban J connectivity index is 1.81. The fourth-order valence-electron chi connectivity index (χ4n) is 3.09. The summed E-state index contributed by atoms with van der Waals surface area (Å²) in [5.74, 6) is 0.434. The van der Waals surface area contributed by atoms with Crippen molar-refractivity contribution < 1.29 is 18.0 Å². The number of carbonyl (C=O) groups excluding carboxylic acids is 1. The lowest BCUT2D eigenvalue weighted by Gasteiger charge is -2.21. The molecule has 1 aromatic carbocycles. The number of nitrogens with one attached hydrogen (secondary N) is 1. The molecule has 0 spiro atoms. The Morgan fingerprint density at radius 1 is 1.18 bits per heavy atom. The number of anilines is 1. The zero-order valence-corrected chi connectivity index (χ0v) is 15.1. The zero-order valence-electron chi connectivity index (χ0n) is 14.4. The molecule has 2 aromatic heterocycles. The maximum atomic E-state index is 13.0. The van der Waals surface area contributed by atoms with Gasteiger partial charge in [0.1, 0.15) is 5.82 Å². The summed E-state index contributed by atoms with van der Waals surface area (Å²) in [6, 6.07) is 4.80. The number of nitrogens with zero attached hydrogens (tertiary/aromatic N) is 5. The molecule has 1 aliphatic rings. The third kappa shape index (κ3) is 3.47. The molecule has 4 rings (SSSR count). The van der Waals surface area contributed by atoms with Gasteiger partial charge >= 0.3 is 6.18 Å². The van der Waals surface area contributed by atoms with Gasteiger partial charge in [0.25, 0.3) is 0 Å². The minimum atomic E-state index is -4.47. The van der Waals surface area contributed by atoms with Crippen LogP contribution < -0.4 is 10.2 Å². The van der Waals surface area contributed by atoms with Gasteiger partial charge in [-0.25, -0.2) is 4.68 Å². The average Bonchev–Trinajstić information content (AvgIpc) is 2.94. The number of amides is 1. The molecule has 28 heavy (non-hydrogen) atoms. The number of hydrogen-bond acceptors (Lipinski definition) is 5. The van der Waals surface area contributed by atoms with Crippen LogP contribution in [-0.2, 0) is 11.0 Å². The van der Waals surface area contributed by atoms with Crippen LogP contribution in [0.1, 0.15) is 12.0 Å². The highest BCUT2D eigenvalue weighted by atomic mass is 35.5. The fourth-order valence-corrected chi connectivity index (χ4v) is 3.25. The van der Waals surface area contributed by atoms with Gasteiger partial charge in [0.2, 0.25) is 11.2 Å². The summed E-state index contributed by atoms with van der Waals surface area (Å²) in [7, 11) is 0. The molecule has 0 unspecified atom stereocenters. The Morgan fingerprint density at radius 2 is 2.00 bits per heavy atom. The van der Waals surface area contributed by atoms with Gasteiger partial charge in [-0.05, 0) is 29.8 Å². The van der Waals surface area contributed by atoms with E-state index in [1.54, 1.807) is 0 Å². The Hall–Kier alpha value is -2.88. The zero-order chi connectivity index (χ0) is 19.9. The smallest absolute Gasteiger partial charge is 0.354 e. The monoisotopic (exact) mass is 410 g/mol. The van der Waals surface area contributed by atoms with Crippen molar-refractivity contribution in [3.63, 3.8) is 0 Å². The van der Waals surface area contributed by atoms with E-state index in [1.807, 2.05) is 4.90 Å². The van der Waals surface area contributed by atoms with Crippen LogP contribution in [0, 0.1) is 0 Å². The highest BCUT2D eigenvalue weighted by Crippen LogP contribution is 2.32. The summed E-state index contributed by atoms with van der Waals surface area (Å²) in [4.78, 5) is 21.9. The first-order valence-electron chi connectivity index (χ1n) is 8.43. The van der Waals surface area contributed by atoms with Gasteiger partial charge in [0.05, 0.1) is 22.8 Å². The molecule has 0 bridgehead atoms. The Morgan fingerprint density at radius 3 is 2.79 bits per heavy atom. The minimum absolute atomic E-state index is 0.0558. The van der Waals surface area contributed by atoms with Crippen molar-refractivity contribution in [2.45, 2.75) is 12.6 Å². The van der Waals surface area contributed by atoms with E-state index >= 15 is 0 Å². The maximum Gasteiger partial charge on any atom is 0.416 e. The van der Waals surface area contributed by atoms with Crippen LogP contribution in [0.15, 0.2) is 30.5 Å². The maximum absolute atomic E-state index is 13.0. The average molecular weight is 411 g/mol. The molecule has 1 N–H and O–H groups in total. The van der Waals surface area contributed by atoms with Crippen LogP contribution >= 0.6 is 11.6 Å². The van der Waals surface area contributed by atoms with E-state index < -0.39 is 11.7 Å². The van der Waals surface area contributed by atoms with Crippen molar-refractivity contribution in [2.75, 3.05) is 24.5 Å². The molecule has 146 valence electrons. The van der Waals surface area contributed by atoms with E-state index in [1.165, 1.54) is 23.0 Å². The molecule has 1 amide bonds. The fraction of sp³-hybridized carbons (Fsp3) is 0.294. The molecule has 0 radical (unpaired) electrons. The van der Waals surface area contributed by atoms with Crippen LogP contribution in [-0.4, -0.2) is 45.3 Å². The van der Waals surface area contributed by atoms with E-state index in [9.17, 15) is 18.0 Å². The van der Waals surface area contributed by atoms with Crippen molar-refractivity contribution in [2.24, 2.45) is 0 Å². The Bertz CT molecular complexity index is 1050. The lowest BCUT2D eigenvalue weighted by Crippen LogP contribution is -2.29. The Kier molecular flexibility index (Phi) is 4.58. The summed E-state index contributed by atoms with van der Waals surface area (Å²) < 4.78 is 40.4. The van der Waals surface area contributed by atoms with E-state index in [-0.39, 0.29) is 22.5 Å². The lowest BCUT2D eigenvalue weighted by molar-refractivity contribution is -0.137. The van der Waals surface area contributed by atoms with Crippen molar-refractivity contribution in [1.82, 2.24) is 25.1 Å². The van der Waals surface area contributed by atoms with E-state index in [4.69, 9.17) is 11.6 Å². The quantitative estimate of drug-likeness (QED) is 0.657. The summed E-state index contributed by atoms with van der Waals surface area (Å²) in [6.07, 6.45) is -2.69. The molecule has 1 fully saturated rings. The van der Waals surface area contributed by atoms with Gasteiger partial charge in [0.15, 0.2) is 5.65 Å². The number of aromatic nitrogens is 4. The third-order valence-electron chi connectivity index (χ3n) is 4.41. The summed E-state index contributed by atoms with van der Waals surface area (Å²) in [5.41, 5.74) is -0.290. The summed E-state index contributed by atoms with van der Waals surface area (Å²) >= 11 is 6.08. The van der Waals surface area contributed by atoms with Crippen molar-refractivity contribution in [3.05, 3.63) is 41.3 Å². The molecular weight excluding hydrogens is 397 g/mol. The molecule has 0 atom stereocenters. The van der Waals surface area contributed by atoms with Crippen LogP contribution in [0.5, 0.6) is 0 Å². The minimum Gasteiger partial charge on any atom is -0.354 e. The number of fused-ring (bicyclic) bond motifs is 1. The van der Waals surface area contributed by atoms with Gasteiger partial charge in [-0.3, -0.25) is 4.79 Å². The second-order valence-corrected chi connectivity index (χ2v) is 6.58. The van der Waals surface area contributed by atoms with Crippen molar-refractivity contribution in [1.29, 1.82) is 0 Å². The Labute approximate surface area is 162 Å². The number of benzene rings is 1. The highest BCUT2D eigenvalue weighted by molar-refractivity contribution is 6.28. The molecule has 0 aliphatic carbocycles. The molecule has 3 aromatic rings. The van der Waals surface area contributed by atoms with Crippen LogP contribution in [0.25, 0.3) is 16.7 Å². The van der Waals surface area contributed by atoms with E-state index in [2.05, 4.69) is 20.4 Å². The van der Waals surface area contributed by atoms with E-state index in [0.29, 0.717) is 37.3 Å². The van der Waals surface area contributed by atoms with Crippen LogP contribution in [0.4, 0.5) is 19.0 Å². The summed E-state index contributed by atoms with van der Waals surface area (Å²) in [5, 5.41) is 7.46. The lowest BCUT2D eigenvalue weighted by atomic mass is 10.2. The highest BCUT2D eigenvalue weighted by Gasteiger charge is 2.31. The topological polar surface area (TPSA) is 75.9 Å². The molecule has 11 heteroatoms. The number of hydrogen-bond donors (Lipinski definition) is 1. The summed E-state index contributed by atoms with van der Waals surface area (Å²) in [6.45, 7) is 1.40. The largest absolute Gasteiger partial charge is 0.416 e. The van der Waals surface area contributed by atoms with Crippen molar-refractivity contribution in [3.8, 4) is 5.69 Å². The van der Waals surface area contributed by atoms with Gasteiger partial charge in [0, 0.05) is 26.1 Å². The predicted octanol–water partition coefficient (Wildman–Crippen LogP) is 2.81. The molecular formula is C17H14ClF3N6O. The molecule has 1 aliphatic heterocycles. The van der Waals surface area contributed by atoms with Crippen molar-refractivity contribution >= 4 is 34.4 Å². The van der Waals surface area contributed by atoms with Gasteiger partial charge < -0.3 is 10.2 Å². The molecule has 0 saturated carbocycles. The molecule has 3 heterocycles. The molecule has 7 nitrogen and oxygen atoms in total. The van der Waals surface area contributed by atoms with Gasteiger partial charge in [-0.15, -0.1) is 0 Å². The number of alkyl halides is 3. The second kappa shape index (κ2) is 6.93. The van der Waals surface area contributed by atoms with Gasteiger partial charge in [-0.2, -0.15) is 28.2 Å². The second-order valence-electron chi connectivity index (χ2n) is 6.24. The standard InChI is InChI=1S/C17H14ClF3N6O/c18-16-24-14(26-6-4-13(28)22-5-7-26)12-9-23-27(15(12)25-16)11-3-1-2-10(8-11)17(19,20)21/h1-3,8-9H,4-7H2,(H,22,28). The van der Waals surface area contributed by atoms with Gasteiger partial charge in [-0.1, -0.05) is 6.07 Å². The predicted molar refractivity (Wildman–Crippen MR) is 96.5 cm³/mol. The first-order valence-corrected chi connectivity index (χ1v) is 8.81. The normalized spacial score (nSPS) is 15.6. The third-order valence-corrected chi connectivity index (χ3v) is 4.58. The van der Waals surface area contributed by atoms with Crippen LogP contribution in [0.3, 0.4) is 0 Å². The van der Waals surface area contributed by atoms with E-state index in [0.717, 1.165) is 12.1 Å². The number of halogens is 4.